The molecule has 2 heterocycles. The van der Waals surface area contributed by atoms with E-state index in [1.165, 1.54) is 10.4 Å². The highest BCUT2D eigenvalue weighted by atomic mass is 35.5. The van der Waals surface area contributed by atoms with E-state index in [0.717, 1.165) is 5.56 Å². The first-order chi connectivity index (χ1) is 16.4. The Morgan fingerprint density at radius 1 is 1.03 bits per heavy atom. The van der Waals surface area contributed by atoms with Crippen LogP contribution in [0, 0.1) is 0 Å². The van der Waals surface area contributed by atoms with Gasteiger partial charge in [0.05, 0.1) is 30.9 Å². The van der Waals surface area contributed by atoms with Crippen molar-refractivity contribution in [2.75, 3.05) is 64.5 Å². The van der Waals surface area contributed by atoms with Gasteiger partial charge in [-0.05, 0) is 35.9 Å². The molecule has 2 aliphatic heterocycles. The van der Waals surface area contributed by atoms with Gasteiger partial charge in [-0.3, -0.25) is 4.79 Å². The number of hydrogen-bond acceptors (Lipinski definition) is 6. The fourth-order valence-corrected chi connectivity index (χ4v) is 5.69. The van der Waals surface area contributed by atoms with E-state index in [2.05, 4.69) is 4.90 Å². The number of amides is 1. The first-order valence-corrected chi connectivity index (χ1v) is 12.9. The second-order valence-electron chi connectivity index (χ2n) is 8.02. The molecule has 2 aromatic carbocycles. The van der Waals surface area contributed by atoms with Gasteiger partial charge >= 0.3 is 0 Å². The van der Waals surface area contributed by atoms with Crippen molar-refractivity contribution in [3.63, 3.8) is 0 Å². The third-order valence-electron chi connectivity index (χ3n) is 6.00. The molecule has 4 rings (SSSR count). The molecule has 0 saturated carbocycles. The molecular weight excluding hydrogens is 478 g/mol. The molecule has 0 spiro atoms. The van der Waals surface area contributed by atoms with Gasteiger partial charge in [-0.25, -0.2) is 8.42 Å². The first-order valence-electron chi connectivity index (χ1n) is 11.1. The van der Waals surface area contributed by atoms with Crippen molar-refractivity contribution in [3.05, 3.63) is 59.1 Å². The van der Waals surface area contributed by atoms with E-state index in [1.807, 2.05) is 18.2 Å². The lowest BCUT2D eigenvalue weighted by Crippen LogP contribution is -2.48. The Kier molecular flexibility index (Phi) is 7.77. The molecule has 2 saturated heterocycles. The Bertz CT molecular complexity index is 1160. The van der Waals surface area contributed by atoms with Crippen molar-refractivity contribution in [1.82, 2.24) is 9.21 Å². The maximum Gasteiger partial charge on any atom is 0.246 e. The number of carbonyl (C=O) groups is 1. The van der Waals surface area contributed by atoms with E-state index in [0.29, 0.717) is 68.9 Å². The number of morpholine rings is 1. The molecule has 2 aromatic rings. The van der Waals surface area contributed by atoms with Crippen LogP contribution in [0.15, 0.2) is 53.4 Å². The predicted octanol–water partition coefficient (Wildman–Crippen LogP) is 2.73. The van der Waals surface area contributed by atoms with Crippen LogP contribution in [0.4, 0.5) is 5.69 Å². The standard InChI is InChI=1S/C24H28ClN3O5S/c1-32-23-8-7-20(34(30,31)28-14-16-33-17-15-28)18-22(23)26-10-12-27(13-11-26)24(29)9-6-19-4-2-3-5-21(19)25/h2-9,18H,10-17H2,1H3. The van der Waals surface area contributed by atoms with Crippen molar-refractivity contribution in [2.24, 2.45) is 0 Å². The molecule has 0 atom stereocenters. The summed E-state index contributed by atoms with van der Waals surface area (Å²) in [7, 11) is -2.06. The van der Waals surface area contributed by atoms with Crippen molar-refractivity contribution < 1.29 is 22.7 Å². The highest BCUT2D eigenvalue weighted by molar-refractivity contribution is 7.89. The van der Waals surface area contributed by atoms with Crippen molar-refractivity contribution in [3.8, 4) is 5.75 Å². The van der Waals surface area contributed by atoms with Crippen LogP contribution in [0.2, 0.25) is 5.02 Å². The Morgan fingerprint density at radius 2 is 1.74 bits per heavy atom. The summed E-state index contributed by atoms with van der Waals surface area (Å²) in [6, 6.07) is 12.3. The molecule has 2 fully saturated rings. The largest absolute Gasteiger partial charge is 0.495 e. The van der Waals surface area contributed by atoms with Crippen LogP contribution in [0.5, 0.6) is 5.75 Å². The van der Waals surface area contributed by atoms with Gasteiger partial charge in [0.25, 0.3) is 0 Å². The second kappa shape index (κ2) is 10.8. The Labute approximate surface area is 205 Å². The zero-order valence-corrected chi connectivity index (χ0v) is 20.6. The fraction of sp³-hybridized carbons (Fsp3) is 0.375. The van der Waals surface area contributed by atoms with Crippen LogP contribution in [0.1, 0.15) is 5.56 Å². The molecule has 0 unspecified atom stereocenters. The van der Waals surface area contributed by atoms with Gasteiger partial charge in [0.15, 0.2) is 0 Å². The maximum absolute atomic E-state index is 13.1. The number of methoxy groups -OCH3 is 1. The molecule has 0 radical (unpaired) electrons. The molecule has 1 amide bonds. The minimum absolute atomic E-state index is 0.0878. The highest BCUT2D eigenvalue weighted by Gasteiger charge is 2.29. The lowest BCUT2D eigenvalue weighted by Gasteiger charge is -2.36. The summed E-state index contributed by atoms with van der Waals surface area (Å²) < 4.78 is 38.5. The SMILES string of the molecule is COc1ccc(S(=O)(=O)N2CCOCC2)cc1N1CCN(C(=O)C=Cc2ccccc2Cl)CC1. The van der Waals surface area contributed by atoms with Crippen molar-refractivity contribution in [2.45, 2.75) is 4.90 Å². The first kappa shape index (κ1) is 24.5. The molecule has 34 heavy (non-hydrogen) atoms. The van der Waals surface area contributed by atoms with Gasteiger partial charge in [0.1, 0.15) is 5.75 Å². The number of nitrogens with zero attached hydrogens (tertiary/aromatic N) is 3. The zero-order valence-electron chi connectivity index (χ0n) is 19.0. The quantitative estimate of drug-likeness (QED) is 0.562. The third-order valence-corrected chi connectivity index (χ3v) is 8.24. The third kappa shape index (κ3) is 5.38. The maximum atomic E-state index is 13.1. The average molecular weight is 506 g/mol. The summed E-state index contributed by atoms with van der Waals surface area (Å²) in [5.41, 5.74) is 1.50. The predicted molar refractivity (Wildman–Crippen MR) is 132 cm³/mol. The number of hydrogen-bond donors (Lipinski definition) is 0. The van der Waals surface area contributed by atoms with Gasteiger partial charge in [-0.1, -0.05) is 29.8 Å². The molecule has 0 N–H and O–H groups in total. The molecule has 2 aliphatic rings. The topological polar surface area (TPSA) is 79.4 Å². The second-order valence-corrected chi connectivity index (χ2v) is 10.4. The monoisotopic (exact) mass is 505 g/mol. The summed E-state index contributed by atoms with van der Waals surface area (Å²) in [6.07, 6.45) is 3.26. The van der Waals surface area contributed by atoms with Gasteiger partial charge in [-0.2, -0.15) is 4.31 Å². The smallest absolute Gasteiger partial charge is 0.246 e. The molecule has 0 aliphatic carbocycles. The van der Waals surface area contributed by atoms with Crippen LogP contribution < -0.4 is 9.64 Å². The number of benzene rings is 2. The Hall–Kier alpha value is -2.59. The molecule has 182 valence electrons. The summed E-state index contributed by atoms with van der Waals surface area (Å²) in [4.78, 5) is 16.7. The summed E-state index contributed by atoms with van der Waals surface area (Å²) in [5, 5.41) is 0.593. The number of rotatable bonds is 6. The van der Waals surface area contributed by atoms with Crippen LogP contribution >= 0.6 is 11.6 Å². The highest BCUT2D eigenvalue weighted by Crippen LogP contribution is 2.33. The Balaban J connectivity index is 1.45. The van der Waals surface area contributed by atoms with E-state index < -0.39 is 10.0 Å². The van der Waals surface area contributed by atoms with Crippen LogP contribution in [-0.4, -0.2) is 83.1 Å². The molecule has 0 aromatic heterocycles. The Morgan fingerprint density at radius 3 is 2.41 bits per heavy atom. The van der Waals surface area contributed by atoms with Gasteiger partial charge in [-0.15, -0.1) is 0 Å². The van der Waals surface area contributed by atoms with E-state index in [4.69, 9.17) is 21.1 Å². The van der Waals surface area contributed by atoms with Crippen LogP contribution in [0.25, 0.3) is 6.08 Å². The molecule has 8 nitrogen and oxygen atoms in total. The lowest BCUT2D eigenvalue weighted by molar-refractivity contribution is -0.126. The summed E-state index contributed by atoms with van der Waals surface area (Å²) in [5.74, 6) is 0.509. The van der Waals surface area contributed by atoms with Crippen molar-refractivity contribution >= 4 is 39.3 Å². The number of carbonyl (C=O) groups excluding carboxylic acids is 1. The van der Waals surface area contributed by atoms with Gasteiger partial charge < -0.3 is 19.3 Å². The average Bonchev–Trinajstić information content (AvgIpc) is 2.88. The number of piperazine rings is 1. The van der Waals surface area contributed by atoms with Crippen LogP contribution in [-0.2, 0) is 19.6 Å². The summed E-state index contributed by atoms with van der Waals surface area (Å²) >= 11 is 6.16. The zero-order chi connectivity index (χ0) is 24.1. The van der Waals surface area contributed by atoms with Crippen molar-refractivity contribution in [1.29, 1.82) is 0 Å². The molecule has 0 bridgehead atoms. The van der Waals surface area contributed by atoms with E-state index in [-0.39, 0.29) is 10.8 Å². The van der Waals surface area contributed by atoms with E-state index >= 15 is 0 Å². The number of anilines is 1. The van der Waals surface area contributed by atoms with Gasteiger partial charge in [0.2, 0.25) is 15.9 Å². The normalized spacial score (nSPS) is 17.8. The number of halogens is 1. The summed E-state index contributed by atoms with van der Waals surface area (Å²) in [6.45, 7) is 3.60. The molecule has 10 heteroatoms. The number of ether oxygens (including phenoxy) is 2. The van der Waals surface area contributed by atoms with E-state index in [1.54, 1.807) is 42.4 Å². The minimum Gasteiger partial charge on any atom is -0.495 e. The minimum atomic E-state index is -3.62. The van der Waals surface area contributed by atoms with E-state index in [9.17, 15) is 13.2 Å². The van der Waals surface area contributed by atoms with Gasteiger partial charge in [0, 0.05) is 50.4 Å². The van der Waals surface area contributed by atoms with Crippen LogP contribution in [0.3, 0.4) is 0 Å². The molecular formula is C24H28ClN3O5S. The fourth-order valence-electron chi connectivity index (χ4n) is 4.06. The number of sulfonamides is 1. The lowest BCUT2D eigenvalue weighted by atomic mass is 10.2.